The monoisotopic (exact) mass is 350 g/mol. The Morgan fingerprint density at radius 3 is 2.58 bits per heavy atom. The average molecular weight is 351 g/mol. The van der Waals surface area contributed by atoms with Crippen LogP contribution in [-0.4, -0.2) is 29.0 Å². The number of aromatic carboxylic acids is 1. The van der Waals surface area contributed by atoms with Crippen LogP contribution in [0.2, 0.25) is 5.02 Å². The molecule has 0 bridgehead atoms. The highest BCUT2D eigenvalue weighted by atomic mass is 35.5. The van der Waals surface area contributed by atoms with Gasteiger partial charge < -0.3 is 15.2 Å². The summed E-state index contributed by atoms with van der Waals surface area (Å²) in [6.07, 6.45) is 0. The van der Waals surface area contributed by atoms with Crippen molar-refractivity contribution in [3.63, 3.8) is 0 Å². The van der Waals surface area contributed by atoms with Gasteiger partial charge in [0, 0.05) is 23.8 Å². The number of nitro benzene ring substituents is 1. The zero-order valence-corrected chi connectivity index (χ0v) is 13.0. The molecule has 0 aliphatic carbocycles. The van der Waals surface area contributed by atoms with E-state index in [9.17, 15) is 19.7 Å². The summed E-state index contributed by atoms with van der Waals surface area (Å²) in [7, 11) is 1.28. The van der Waals surface area contributed by atoms with Crippen molar-refractivity contribution in [2.45, 2.75) is 0 Å². The zero-order chi connectivity index (χ0) is 17.9. The summed E-state index contributed by atoms with van der Waals surface area (Å²) < 4.78 is 4.96. The molecule has 0 aliphatic heterocycles. The van der Waals surface area contributed by atoms with Gasteiger partial charge in [0.2, 0.25) is 0 Å². The zero-order valence-electron chi connectivity index (χ0n) is 12.3. The van der Waals surface area contributed by atoms with Crippen LogP contribution in [0.4, 0.5) is 11.4 Å². The number of nitro groups is 1. The Hall–Kier alpha value is -3.13. The number of carbonyl (C=O) groups excluding carboxylic acids is 1. The van der Waals surface area contributed by atoms with E-state index >= 15 is 0 Å². The molecule has 0 heterocycles. The van der Waals surface area contributed by atoms with E-state index in [1.165, 1.54) is 31.4 Å². The molecule has 24 heavy (non-hydrogen) atoms. The van der Waals surface area contributed by atoms with Gasteiger partial charge in [-0.3, -0.25) is 14.9 Å². The minimum atomic E-state index is -1.23. The third-order valence-corrected chi connectivity index (χ3v) is 3.40. The van der Waals surface area contributed by atoms with Gasteiger partial charge in [-0.1, -0.05) is 17.7 Å². The van der Waals surface area contributed by atoms with Crippen LogP contribution in [0.15, 0.2) is 36.4 Å². The molecule has 0 saturated heterocycles. The van der Waals surface area contributed by atoms with Crippen LogP contribution in [0.1, 0.15) is 20.7 Å². The lowest BCUT2D eigenvalue weighted by Gasteiger charge is -2.11. The Balaban J connectivity index is 2.34. The normalized spacial score (nSPS) is 10.1. The molecule has 0 aromatic heterocycles. The lowest BCUT2D eigenvalue weighted by atomic mass is 10.1. The summed E-state index contributed by atoms with van der Waals surface area (Å²) in [4.78, 5) is 33.4. The van der Waals surface area contributed by atoms with E-state index in [2.05, 4.69) is 5.32 Å². The maximum absolute atomic E-state index is 12.2. The maximum atomic E-state index is 12.2. The summed E-state index contributed by atoms with van der Waals surface area (Å²) >= 11 is 5.97. The molecule has 0 aliphatic rings. The van der Waals surface area contributed by atoms with Crippen molar-refractivity contribution >= 4 is 34.9 Å². The predicted octanol–water partition coefficient (Wildman–Crippen LogP) is 3.21. The Kier molecular flexibility index (Phi) is 5.00. The highest BCUT2D eigenvalue weighted by Crippen LogP contribution is 2.31. The van der Waals surface area contributed by atoms with Crippen molar-refractivity contribution in [1.82, 2.24) is 0 Å². The third kappa shape index (κ3) is 3.61. The van der Waals surface area contributed by atoms with Crippen LogP contribution < -0.4 is 10.1 Å². The first-order valence-corrected chi connectivity index (χ1v) is 6.88. The van der Waals surface area contributed by atoms with Gasteiger partial charge in [0.05, 0.1) is 22.7 Å². The molecule has 0 atom stereocenters. The molecule has 2 N–H and O–H groups in total. The van der Waals surface area contributed by atoms with Gasteiger partial charge in [0.1, 0.15) is 11.3 Å². The first kappa shape index (κ1) is 17.2. The summed E-state index contributed by atoms with van der Waals surface area (Å²) in [6.45, 7) is 0. The maximum Gasteiger partial charge on any atom is 0.339 e. The van der Waals surface area contributed by atoms with Gasteiger partial charge in [-0.15, -0.1) is 0 Å². The molecule has 0 radical (unpaired) electrons. The van der Waals surface area contributed by atoms with E-state index in [4.69, 9.17) is 21.4 Å². The molecule has 2 rings (SSSR count). The van der Waals surface area contributed by atoms with E-state index in [0.29, 0.717) is 0 Å². The van der Waals surface area contributed by atoms with E-state index in [1.54, 1.807) is 0 Å². The van der Waals surface area contributed by atoms with E-state index < -0.39 is 16.8 Å². The summed E-state index contributed by atoms with van der Waals surface area (Å²) in [6, 6.07) is 7.56. The van der Waals surface area contributed by atoms with Crippen molar-refractivity contribution in [2.75, 3.05) is 12.4 Å². The van der Waals surface area contributed by atoms with Crippen molar-refractivity contribution in [3.8, 4) is 5.75 Å². The molecule has 2 aromatic carbocycles. The van der Waals surface area contributed by atoms with Gasteiger partial charge in [0.25, 0.3) is 11.6 Å². The van der Waals surface area contributed by atoms with Gasteiger partial charge in [0.15, 0.2) is 0 Å². The fourth-order valence-electron chi connectivity index (χ4n) is 1.94. The Morgan fingerprint density at radius 2 is 2.00 bits per heavy atom. The van der Waals surface area contributed by atoms with Crippen LogP contribution in [0.25, 0.3) is 0 Å². The van der Waals surface area contributed by atoms with Gasteiger partial charge >= 0.3 is 5.97 Å². The molecule has 2 aromatic rings. The Bertz CT molecular complexity index is 837. The van der Waals surface area contributed by atoms with Crippen LogP contribution in [0, 0.1) is 10.1 Å². The number of benzene rings is 2. The number of nitrogens with one attached hydrogen (secondary N) is 1. The molecule has 8 nitrogen and oxygen atoms in total. The second kappa shape index (κ2) is 6.97. The number of methoxy groups -OCH3 is 1. The molecular formula is C15H11ClN2O6. The largest absolute Gasteiger partial charge is 0.496 e. The lowest BCUT2D eigenvalue weighted by Crippen LogP contribution is -2.13. The molecule has 0 fully saturated rings. The minimum absolute atomic E-state index is 0.00743. The predicted molar refractivity (Wildman–Crippen MR) is 86.0 cm³/mol. The molecule has 1 amide bonds. The van der Waals surface area contributed by atoms with Crippen LogP contribution in [0.5, 0.6) is 5.75 Å². The molecule has 0 spiro atoms. The highest BCUT2D eigenvalue weighted by Gasteiger charge is 2.17. The van der Waals surface area contributed by atoms with Crippen molar-refractivity contribution in [2.24, 2.45) is 0 Å². The SMILES string of the molecule is COc1cc(NC(=O)c2cccc([N+](=O)[O-])c2)c(Cl)cc1C(=O)O. The van der Waals surface area contributed by atoms with Gasteiger partial charge in [-0.25, -0.2) is 4.79 Å². The van der Waals surface area contributed by atoms with Crippen LogP contribution >= 0.6 is 11.6 Å². The average Bonchev–Trinajstić information content (AvgIpc) is 2.56. The first-order chi connectivity index (χ1) is 11.3. The van der Waals surface area contributed by atoms with E-state index in [-0.39, 0.29) is 33.3 Å². The number of amides is 1. The number of carbonyl (C=O) groups is 2. The number of anilines is 1. The molecule has 0 saturated carbocycles. The van der Waals surface area contributed by atoms with Crippen molar-refractivity contribution < 1.29 is 24.4 Å². The summed E-state index contributed by atoms with van der Waals surface area (Å²) in [5, 5.41) is 22.3. The minimum Gasteiger partial charge on any atom is -0.496 e. The molecular weight excluding hydrogens is 340 g/mol. The highest BCUT2D eigenvalue weighted by molar-refractivity contribution is 6.34. The smallest absolute Gasteiger partial charge is 0.339 e. The fraction of sp³-hybridized carbons (Fsp3) is 0.0667. The molecule has 0 unspecified atom stereocenters. The molecule has 124 valence electrons. The number of carboxylic acid groups (broad SMARTS) is 1. The van der Waals surface area contributed by atoms with Crippen LogP contribution in [-0.2, 0) is 0 Å². The standard InChI is InChI=1S/C15H11ClN2O6/c1-24-13-7-12(11(16)6-10(13)15(20)21)17-14(19)8-3-2-4-9(5-8)18(22)23/h2-7H,1H3,(H,17,19)(H,20,21). The van der Waals surface area contributed by atoms with E-state index in [0.717, 1.165) is 12.1 Å². The number of hydrogen-bond donors (Lipinski definition) is 2. The van der Waals surface area contributed by atoms with Gasteiger partial charge in [-0.05, 0) is 12.1 Å². The first-order valence-electron chi connectivity index (χ1n) is 6.50. The number of rotatable bonds is 5. The van der Waals surface area contributed by atoms with Crippen molar-refractivity contribution in [1.29, 1.82) is 0 Å². The van der Waals surface area contributed by atoms with E-state index in [1.807, 2.05) is 0 Å². The van der Waals surface area contributed by atoms with Gasteiger partial charge in [-0.2, -0.15) is 0 Å². The molecule has 9 heteroatoms. The number of hydrogen-bond acceptors (Lipinski definition) is 5. The number of halogens is 1. The van der Waals surface area contributed by atoms with Crippen LogP contribution in [0.3, 0.4) is 0 Å². The summed E-state index contributed by atoms with van der Waals surface area (Å²) in [5.41, 5.74) is -0.208. The number of non-ortho nitro benzene ring substituents is 1. The second-order valence-electron chi connectivity index (χ2n) is 4.60. The number of ether oxygens (including phenoxy) is 1. The fourth-order valence-corrected chi connectivity index (χ4v) is 2.15. The third-order valence-electron chi connectivity index (χ3n) is 3.09. The quantitative estimate of drug-likeness (QED) is 0.631. The summed E-state index contributed by atoms with van der Waals surface area (Å²) in [5.74, 6) is -1.85. The number of nitrogens with zero attached hydrogens (tertiary/aromatic N) is 1. The number of carboxylic acids is 1. The topological polar surface area (TPSA) is 119 Å². The Labute approximate surface area is 140 Å². The second-order valence-corrected chi connectivity index (χ2v) is 5.01. The van der Waals surface area contributed by atoms with Crippen molar-refractivity contribution in [3.05, 3.63) is 62.7 Å². The Morgan fingerprint density at radius 1 is 1.29 bits per heavy atom. The lowest BCUT2D eigenvalue weighted by molar-refractivity contribution is -0.384.